The molecule has 0 unspecified atom stereocenters. The Hall–Kier alpha value is -2.71. The number of rotatable bonds is 4. The van der Waals surface area contributed by atoms with Gasteiger partial charge in [0, 0.05) is 56.3 Å². The molecule has 0 bridgehead atoms. The summed E-state index contributed by atoms with van der Waals surface area (Å²) in [5, 5.41) is 5.60. The third kappa shape index (κ3) is 3.50. The van der Waals surface area contributed by atoms with Crippen LogP contribution < -0.4 is 15.0 Å². The molecule has 2 saturated heterocycles. The number of likely N-dealkylation sites (tertiary alicyclic amines) is 1. The third-order valence-electron chi connectivity index (χ3n) is 5.89. The number of amides is 1. The summed E-state index contributed by atoms with van der Waals surface area (Å²) >= 11 is 6.27. The molecule has 3 aromatic rings. The summed E-state index contributed by atoms with van der Waals surface area (Å²) in [5.41, 5.74) is 1.54. The number of pyridine rings is 1. The van der Waals surface area contributed by atoms with Gasteiger partial charge < -0.3 is 19.9 Å². The number of piperazine rings is 1. The van der Waals surface area contributed by atoms with Gasteiger partial charge in [0.1, 0.15) is 6.61 Å². The number of aromatic nitrogens is 3. The minimum Gasteiger partial charge on any atom is -0.475 e. The standard InChI is InChI=1S/C21H23ClN6O2/c1-27-14(3-5-18(27)29)12-30-20-16-11-24-21(28-8-6-23-7-9-28)26-19(16)15-10-13(22)2-4-17(15)25-20/h2,4,10-11,14,23H,3,5-9,12H2,1H3/t14-/m0/s1. The topological polar surface area (TPSA) is 83.5 Å². The highest BCUT2D eigenvalue weighted by molar-refractivity contribution is 6.31. The Bertz CT molecular complexity index is 1120. The van der Waals surface area contributed by atoms with Crippen LogP contribution in [0.4, 0.5) is 5.95 Å². The lowest BCUT2D eigenvalue weighted by atomic mass is 10.1. The van der Waals surface area contributed by atoms with Gasteiger partial charge in [0.2, 0.25) is 17.7 Å². The van der Waals surface area contributed by atoms with Crippen molar-refractivity contribution in [1.29, 1.82) is 0 Å². The molecule has 2 aliphatic heterocycles. The first-order chi connectivity index (χ1) is 14.6. The van der Waals surface area contributed by atoms with Gasteiger partial charge in [0.15, 0.2) is 0 Å². The highest BCUT2D eigenvalue weighted by atomic mass is 35.5. The zero-order chi connectivity index (χ0) is 20.7. The first-order valence-electron chi connectivity index (χ1n) is 10.2. The normalized spacial score (nSPS) is 19.8. The lowest BCUT2D eigenvalue weighted by Gasteiger charge is -2.27. The highest BCUT2D eigenvalue weighted by Gasteiger charge is 2.28. The molecular weight excluding hydrogens is 404 g/mol. The van der Waals surface area contributed by atoms with Crippen molar-refractivity contribution in [3.05, 3.63) is 29.4 Å². The lowest BCUT2D eigenvalue weighted by molar-refractivity contribution is -0.127. The van der Waals surface area contributed by atoms with E-state index in [1.165, 1.54) is 0 Å². The van der Waals surface area contributed by atoms with Crippen LogP contribution in [0.1, 0.15) is 12.8 Å². The number of anilines is 1. The molecule has 1 N–H and O–H groups in total. The Kier molecular flexibility index (Phi) is 5.04. The van der Waals surface area contributed by atoms with Crippen LogP contribution in [0.15, 0.2) is 24.4 Å². The van der Waals surface area contributed by atoms with Crippen LogP contribution in [0.5, 0.6) is 5.88 Å². The SMILES string of the molecule is CN1C(=O)CC[C@H]1COc1nc2ccc(Cl)cc2c2nc(N3CCNCC3)ncc12. The second-order valence-corrected chi connectivity index (χ2v) is 8.19. The number of carbonyl (C=O) groups excluding carboxylic acids is 1. The van der Waals surface area contributed by atoms with Crippen LogP contribution in [0, 0.1) is 0 Å². The summed E-state index contributed by atoms with van der Waals surface area (Å²) in [5.74, 6) is 1.33. The molecule has 0 spiro atoms. The van der Waals surface area contributed by atoms with Crippen LogP contribution in [-0.4, -0.2) is 71.6 Å². The predicted molar refractivity (Wildman–Crippen MR) is 116 cm³/mol. The molecule has 1 atom stereocenters. The first kappa shape index (κ1) is 19.3. The molecule has 9 heteroatoms. The van der Waals surface area contributed by atoms with E-state index < -0.39 is 0 Å². The zero-order valence-corrected chi connectivity index (χ0v) is 17.5. The van der Waals surface area contributed by atoms with Crippen molar-refractivity contribution in [2.45, 2.75) is 18.9 Å². The van der Waals surface area contributed by atoms with Crippen LogP contribution >= 0.6 is 11.6 Å². The average molecular weight is 427 g/mol. The zero-order valence-electron chi connectivity index (χ0n) is 16.8. The summed E-state index contributed by atoms with van der Waals surface area (Å²) in [6, 6.07) is 5.63. The first-order valence-corrected chi connectivity index (χ1v) is 10.6. The maximum Gasteiger partial charge on any atom is 0.225 e. The van der Waals surface area contributed by atoms with E-state index in [4.69, 9.17) is 26.3 Å². The van der Waals surface area contributed by atoms with Gasteiger partial charge in [-0.2, -0.15) is 0 Å². The number of ether oxygens (including phenoxy) is 1. The van der Waals surface area contributed by atoms with Gasteiger partial charge in [0.05, 0.1) is 22.5 Å². The number of likely N-dealkylation sites (N-methyl/N-ethyl adjacent to an activating group) is 1. The van der Waals surface area contributed by atoms with Crippen molar-refractivity contribution in [3.63, 3.8) is 0 Å². The molecule has 156 valence electrons. The van der Waals surface area contributed by atoms with Crippen molar-refractivity contribution in [1.82, 2.24) is 25.2 Å². The number of nitrogens with one attached hydrogen (secondary N) is 1. The second kappa shape index (κ2) is 7.85. The molecule has 2 aliphatic rings. The lowest BCUT2D eigenvalue weighted by Crippen LogP contribution is -2.44. The van der Waals surface area contributed by atoms with Crippen LogP contribution in [0.25, 0.3) is 21.8 Å². The predicted octanol–water partition coefficient (Wildman–Crippen LogP) is 2.24. The molecular formula is C21H23ClN6O2. The Morgan fingerprint density at radius 2 is 2.07 bits per heavy atom. The van der Waals surface area contributed by atoms with Gasteiger partial charge in [0.25, 0.3) is 0 Å². The van der Waals surface area contributed by atoms with E-state index in [1.807, 2.05) is 25.2 Å². The third-order valence-corrected chi connectivity index (χ3v) is 6.12. The molecule has 1 aromatic carbocycles. The minimum atomic E-state index is 0.0521. The van der Waals surface area contributed by atoms with Gasteiger partial charge in [-0.3, -0.25) is 4.79 Å². The quantitative estimate of drug-likeness (QED) is 0.640. The molecule has 5 rings (SSSR count). The van der Waals surface area contributed by atoms with E-state index in [0.717, 1.165) is 54.4 Å². The van der Waals surface area contributed by atoms with Crippen LogP contribution in [0.3, 0.4) is 0 Å². The fraction of sp³-hybridized carbons (Fsp3) is 0.429. The summed E-state index contributed by atoms with van der Waals surface area (Å²) in [6.45, 7) is 3.93. The molecule has 4 heterocycles. The smallest absolute Gasteiger partial charge is 0.225 e. The number of hydrogen-bond acceptors (Lipinski definition) is 7. The number of carbonyl (C=O) groups is 1. The van der Waals surface area contributed by atoms with Gasteiger partial charge in [-0.15, -0.1) is 0 Å². The maximum absolute atomic E-state index is 11.8. The molecule has 0 saturated carbocycles. The van der Waals surface area contributed by atoms with E-state index in [1.54, 1.807) is 11.1 Å². The van der Waals surface area contributed by atoms with E-state index >= 15 is 0 Å². The molecule has 1 amide bonds. The van der Waals surface area contributed by atoms with E-state index in [-0.39, 0.29) is 11.9 Å². The number of halogens is 1. The molecule has 2 aromatic heterocycles. The van der Waals surface area contributed by atoms with Crippen molar-refractivity contribution in [3.8, 4) is 5.88 Å². The number of fused-ring (bicyclic) bond motifs is 3. The Morgan fingerprint density at radius 3 is 2.83 bits per heavy atom. The molecule has 30 heavy (non-hydrogen) atoms. The van der Waals surface area contributed by atoms with E-state index in [2.05, 4.69) is 15.2 Å². The maximum atomic E-state index is 11.8. The van der Waals surface area contributed by atoms with Gasteiger partial charge in [-0.25, -0.2) is 15.0 Å². The Balaban J connectivity index is 1.56. The molecule has 2 fully saturated rings. The number of nitrogens with zero attached hydrogens (tertiary/aromatic N) is 5. The Labute approximate surface area is 179 Å². The Morgan fingerprint density at radius 1 is 1.23 bits per heavy atom. The minimum absolute atomic E-state index is 0.0521. The second-order valence-electron chi connectivity index (χ2n) is 7.76. The van der Waals surface area contributed by atoms with Gasteiger partial charge in [-0.1, -0.05) is 11.6 Å². The van der Waals surface area contributed by atoms with Crippen LogP contribution in [0.2, 0.25) is 5.02 Å². The van der Waals surface area contributed by atoms with Gasteiger partial charge in [-0.05, 0) is 24.6 Å². The number of hydrogen-bond donors (Lipinski definition) is 1. The monoisotopic (exact) mass is 426 g/mol. The van der Waals surface area contributed by atoms with Crippen molar-refractivity contribution >= 4 is 45.3 Å². The summed E-state index contributed by atoms with van der Waals surface area (Å²) < 4.78 is 6.10. The van der Waals surface area contributed by atoms with Gasteiger partial charge >= 0.3 is 0 Å². The summed E-state index contributed by atoms with van der Waals surface area (Å²) in [7, 11) is 1.82. The summed E-state index contributed by atoms with van der Waals surface area (Å²) in [4.78, 5) is 29.9. The fourth-order valence-electron chi connectivity index (χ4n) is 4.06. The van der Waals surface area contributed by atoms with Crippen molar-refractivity contribution in [2.24, 2.45) is 0 Å². The molecule has 0 radical (unpaired) electrons. The average Bonchev–Trinajstić information content (AvgIpc) is 3.10. The molecule has 0 aliphatic carbocycles. The molecule has 8 nitrogen and oxygen atoms in total. The van der Waals surface area contributed by atoms with Crippen molar-refractivity contribution < 1.29 is 9.53 Å². The van der Waals surface area contributed by atoms with E-state index in [0.29, 0.717) is 29.9 Å². The van der Waals surface area contributed by atoms with Crippen LogP contribution in [-0.2, 0) is 4.79 Å². The van der Waals surface area contributed by atoms with Crippen molar-refractivity contribution in [2.75, 3.05) is 44.7 Å². The largest absolute Gasteiger partial charge is 0.475 e. The number of benzene rings is 1. The highest BCUT2D eigenvalue weighted by Crippen LogP contribution is 2.32. The van der Waals surface area contributed by atoms with E-state index in [9.17, 15) is 4.79 Å². The fourth-order valence-corrected chi connectivity index (χ4v) is 4.23. The summed E-state index contributed by atoms with van der Waals surface area (Å²) in [6.07, 6.45) is 3.14.